The zero-order chi connectivity index (χ0) is 15.2. The van der Waals surface area contributed by atoms with Crippen LogP contribution < -0.4 is 0 Å². The molecule has 1 aromatic rings. The molecule has 1 saturated heterocycles. The van der Waals surface area contributed by atoms with Gasteiger partial charge < -0.3 is 0 Å². The highest BCUT2D eigenvalue weighted by atomic mass is 19.1. The minimum atomic E-state index is -0.264. The van der Waals surface area contributed by atoms with Crippen LogP contribution in [0.1, 0.15) is 24.5 Å². The second kappa shape index (κ2) is 7.17. The maximum absolute atomic E-state index is 13.8. The third kappa shape index (κ3) is 3.78. The van der Waals surface area contributed by atoms with E-state index in [1.54, 1.807) is 6.07 Å². The van der Waals surface area contributed by atoms with Gasteiger partial charge in [-0.3, -0.25) is 9.80 Å². The second-order valence-corrected chi connectivity index (χ2v) is 5.28. The van der Waals surface area contributed by atoms with Crippen LogP contribution in [0.3, 0.4) is 0 Å². The number of rotatable bonds is 4. The van der Waals surface area contributed by atoms with Crippen LogP contribution in [0.25, 0.3) is 0 Å². The zero-order valence-corrected chi connectivity index (χ0v) is 12.2. The van der Waals surface area contributed by atoms with Crippen LogP contribution >= 0.6 is 0 Å². The summed E-state index contributed by atoms with van der Waals surface area (Å²) in [6, 6.07) is 8.81. The Labute approximate surface area is 125 Å². The fourth-order valence-corrected chi connectivity index (χ4v) is 2.67. The average Bonchev–Trinajstić information content (AvgIpc) is 2.52. The van der Waals surface area contributed by atoms with Gasteiger partial charge in [0.15, 0.2) is 0 Å². The van der Waals surface area contributed by atoms with Gasteiger partial charge in [-0.05, 0) is 24.6 Å². The maximum atomic E-state index is 13.8. The molecule has 0 N–H and O–H groups in total. The van der Waals surface area contributed by atoms with E-state index >= 15 is 0 Å². The lowest BCUT2D eigenvalue weighted by molar-refractivity contribution is 0.107. The van der Waals surface area contributed by atoms with E-state index < -0.39 is 0 Å². The first-order valence-electron chi connectivity index (χ1n) is 7.22. The maximum Gasteiger partial charge on any atom is 0.127 e. The summed E-state index contributed by atoms with van der Waals surface area (Å²) in [7, 11) is 0. The van der Waals surface area contributed by atoms with Gasteiger partial charge >= 0.3 is 0 Å². The highest BCUT2D eigenvalue weighted by Gasteiger charge is 2.23. The van der Waals surface area contributed by atoms with Crippen LogP contribution in [0.15, 0.2) is 18.2 Å². The van der Waals surface area contributed by atoms with Crippen LogP contribution in [0.4, 0.5) is 4.39 Å². The lowest BCUT2D eigenvalue weighted by Crippen LogP contribution is -2.49. The summed E-state index contributed by atoms with van der Waals surface area (Å²) in [6.07, 6.45) is 0.829. The molecule has 1 aliphatic heterocycles. The van der Waals surface area contributed by atoms with Crippen LogP contribution in [0.5, 0.6) is 0 Å². The molecule has 1 fully saturated rings. The van der Waals surface area contributed by atoms with Gasteiger partial charge in [-0.1, -0.05) is 6.92 Å². The van der Waals surface area contributed by atoms with Gasteiger partial charge in [0.1, 0.15) is 5.82 Å². The number of piperazine rings is 1. The molecular formula is C16H19FN4. The van der Waals surface area contributed by atoms with Crippen LogP contribution in [0.2, 0.25) is 0 Å². The van der Waals surface area contributed by atoms with Crippen molar-refractivity contribution >= 4 is 0 Å². The Bertz CT molecular complexity index is 565. The largest absolute Gasteiger partial charge is 0.296 e. The molecule has 1 aromatic carbocycles. The van der Waals surface area contributed by atoms with E-state index in [-0.39, 0.29) is 11.9 Å². The summed E-state index contributed by atoms with van der Waals surface area (Å²) < 4.78 is 13.8. The van der Waals surface area contributed by atoms with Gasteiger partial charge in [-0.2, -0.15) is 10.5 Å². The molecule has 5 heteroatoms. The van der Waals surface area contributed by atoms with Crippen molar-refractivity contribution in [2.45, 2.75) is 25.9 Å². The summed E-state index contributed by atoms with van der Waals surface area (Å²) in [5.41, 5.74) is 1.05. The fraction of sp³-hybridized carbons (Fsp3) is 0.500. The van der Waals surface area contributed by atoms with Crippen LogP contribution in [-0.2, 0) is 6.54 Å². The lowest BCUT2D eigenvalue weighted by atomic mass is 10.1. The predicted molar refractivity (Wildman–Crippen MR) is 77.7 cm³/mol. The number of halogens is 1. The van der Waals surface area contributed by atoms with E-state index in [2.05, 4.69) is 15.9 Å². The lowest BCUT2D eigenvalue weighted by Gasteiger charge is -2.36. The predicted octanol–water partition coefficient (Wildman–Crippen LogP) is 2.12. The van der Waals surface area contributed by atoms with E-state index in [4.69, 9.17) is 10.5 Å². The molecule has 0 amide bonds. The standard InChI is InChI=1S/C16H19FN4/c1-2-15(11-19)21-7-5-20(6-8-21)12-14-9-13(10-18)3-4-16(14)17/h3-4,9,15H,2,5-8,12H2,1H3. The molecule has 0 saturated carbocycles. The Hall–Kier alpha value is -1.95. The molecule has 21 heavy (non-hydrogen) atoms. The van der Waals surface area contributed by atoms with E-state index in [0.29, 0.717) is 17.7 Å². The van der Waals surface area contributed by atoms with E-state index in [9.17, 15) is 4.39 Å². The first-order valence-corrected chi connectivity index (χ1v) is 7.22. The highest BCUT2D eigenvalue weighted by Crippen LogP contribution is 2.15. The van der Waals surface area contributed by atoms with Gasteiger partial charge in [0.25, 0.3) is 0 Å². The molecule has 1 aliphatic rings. The summed E-state index contributed by atoms with van der Waals surface area (Å²) in [6.45, 7) is 5.81. The van der Waals surface area contributed by atoms with Gasteiger partial charge in [-0.25, -0.2) is 4.39 Å². The minimum Gasteiger partial charge on any atom is -0.296 e. The summed E-state index contributed by atoms with van der Waals surface area (Å²) >= 11 is 0. The molecule has 2 rings (SSSR count). The van der Waals surface area contributed by atoms with Crippen molar-refractivity contribution in [1.29, 1.82) is 10.5 Å². The SMILES string of the molecule is CCC(C#N)N1CCN(Cc2cc(C#N)ccc2F)CC1. The van der Waals surface area contributed by atoms with Gasteiger partial charge in [0.05, 0.1) is 23.7 Å². The zero-order valence-electron chi connectivity index (χ0n) is 12.2. The van der Waals surface area contributed by atoms with Crippen molar-refractivity contribution in [3.8, 4) is 12.1 Å². The molecule has 1 unspecified atom stereocenters. The van der Waals surface area contributed by atoms with Crippen molar-refractivity contribution in [3.05, 3.63) is 35.1 Å². The average molecular weight is 286 g/mol. The molecule has 0 bridgehead atoms. The number of nitrogens with zero attached hydrogens (tertiary/aromatic N) is 4. The molecule has 1 heterocycles. The van der Waals surface area contributed by atoms with Crippen molar-refractivity contribution in [2.75, 3.05) is 26.2 Å². The molecule has 4 nitrogen and oxygen atoms in total. The molecular weight excluding hydrogens is 267 g/mol. The van der Waals surface area contributed by atoms with Crippen LogP contribution in [-0.4, -0.2) is 42.0 Å². The Morgan fingerprint density at radius 2 is 1.95 bits per heavy atom. The topological polar surface area (TPSA) is 54.1 Å². The third-order valence-corrected chi connectivity index (χ3v) is 3.95. The Morgan fingerprint density at radius 1 is 1.24 bits per heavy atom. The third-order valence-electron chi connectivity index (χ3n) is 3.95. The molecule has 0 radical (unpaired) electrons. The number of hydrogen-bond acceptors (Lipinski definition) is 4. The molecule has 0 aromatic heterocycles. The molecule has 0 spiro atoms. The van der Waals surface area contributed by atoms with Gasteiger partial charge in [-0.15, -0.1) is 0 Å². The summed E-state index contributed by atoms with van der Waals surface area (Å²) in [5.74, 6) is -0.264. The molecule has 1 atom stereocenters. The molecule has 110 valence electrons. The van der Waals surface area contributed by atoms with Crippen LogP contribution in [0, 0.1) is 28.5 Å². The van der Waals surface area contributed by atoms with Crippen molar-refractivity contribution in [1.82, 2.24) is 9.80 Å². The highest BCUT2D eigenvalue weighted by molar-refractivity contribution is 5.33. The van der Waals surface area contributed by atoms with E-state index in [0.717, 1.165) is 32.6 Å². The van der Waals surface area contributed by atoms with Gasteiger partial charge in [0.2, 0.25) is 0 Å². The van der Waals surface area contributed by atoms with Crippen molar-refractivity contribution in [2.24, 2.45) is 0 Å². The second-order valence-electron chi connectivity index (χ2n) is 5.28. The van der Waals surface area contributed by atoms with Gasteiger partial charge in [0, 0.05) is 38.3 Å². The first-order chi connectivity index (χ1) is 10.2. The smallest absolute Gasteiger partial charge is 0.127 e. The normalized spacial score (nSPS) is 17.9. The number of benzene rings is 1. The van der Waals surface area contributed by atoms with Crippen molar-refractivity contribution < 1.29 is 4.39 Å². The fourth-order valence-electron chi connectivity index (χ4n) is 2.67. The van der Waals surface area contributed by atoms with Crippen molar-refractivity contribution in [3.63, 3.8) is 0 Å². The van der Waals surface area contributed by atoms with E-state index in [1.807, 2.05) is 13.0 Å². The monoisotopic (exact) mass is 286 g/mol. The Kier molecular flexibility index (Phi) is 5.27. The first kappa shape index (κ1) is 15.4. The number of nitriles is 2. The summed E-state index contributed by atoms with van der Waals surface area (Å²) in [5, 5.41) is 18.0. The Balaban J connectivity index is 1.95. The summed E-state index contributed by atoms with van der Waals surface area (Å²) in [4.78, 5) is 4.35. The quantitative estimate of drug-likeness (QED) is 0.850. The molecule has 0 aliphatic carbocycles. The minimum absolute atomic E-state index is 0.0224. The Morgan fingerprint density at radius 3 is 2.52 bits per heavy atom. The van der Waals surface area contributed by atoms with E-state index in [1.165, 1.54) is 12.1 Å². The number of hydrogen-bond donors (Lipinski definition) is 0.